The molecule has 1 atom stereocenters. The van der Waals surface area contributed by atoms with Gasteiger partial charge in [-0.25, -0.2) is 0 Å². The van der Waals surface area contributed by atoms with E-state index in [0.717, 1.165) is 19.4 Å². The highest BCUT2D eigenvalue weighted by molar-refractivity contribution is 5.47. The fourth-order valence-corrected chi connectivity index (χ4v) is 3.00. The molecule has 0 radical (unpaired) electrons. The van der Waals surface area contributed by atoms with Gasteiger partial charge in [0.2, 0.25) is 23.5 Å². The summed E-state index contributed by atoms with van der Waals surface area (Å²) in [4.78, 5) is 11.0. The molecule has 1 saturated heterocycles. The summed E-state index contributed by atoms with van der Waals surface area (Å²) in [6.45, 7) is 5.60. The molecule has 3 aromatic heterocycles. The molecule has 1 aliphatic heterocycles. The quantitative estimate of drug-likeness (QED) is 0.699. The van der Waals surface area contributed by atoms with Crippen LogP contribution in [0.5, 0.6) is 0 Å². The van der Waals surface area contributed by atoms with Crippen LogP contribution >= 0.6 is 0 Å². The minimum atomic E-state index is 0.0689. The Morgan fingerprint density at radius 3 is 2.96 bits per heavy atom. The Labute approximate surface area is 145 Å². The molecule has 0 saturated carbocycles. The van der Waals surface area contributed by atoms with E-state index in [1.54, 1.807) is 6.20 Å². The SMILES string of the molecule is CC(C)c1nnc(CN2CCC[C@H]2c2nc(-c3ccccn3)no2)o1. The lowest BCUT2D eigenvalue weighted by Crippen LogP contribution is -2.23. The molecule has 8 heteroatoms. The largest absolute Gasteiger partial charge is 0.424 e. The van der Waals surface area contributed by atoms with Crippen LogP contribution in [-0.2, 0) is 6.54 Å². The molecule has 130 valence electrons. The zero-order valence-corrected chi connectivity index (χ0v) is 14.3. The van der Waals surface area contributed by atoms with Crippen molar-refractivity contribution in [1.82, 2.24) is 30.2 Å². The van der Waals surface area contributed by atoms with Crippen molar-refractivity contribution < 1.29 is 8.94 Å². The monoisotopic (exact) mass is 340 g/mol. The lowest BCUT2D eigenvalue weighted by Gasteiger charge is -2.19. The molecule has 0 bridgehead atoms. The van der Waals surface area contributed by atoms with Gasteiger partial charge in [0.1, 0.15) is 5.69 Å². The van der Waals surface area contributed by atoms with Crippen LogP contribution in [0.15, 0.2) is 33.3 Å². The second-order valence-electron chi connectivity index (χ2n) is 6.49. The van der Waals surface area contributed by atoms with Crippen LogP contribution < -0.4 is 0 Å². The van der Waals surface area contributed by atoms with Crippen LogP contribution in [0.3, 0.4) is 0 Å². The van der Waals surface area contributed by atoms with E-state index in [1.165, 1.54) is 0 Å². The van der Waals surface area contributed by atoms with Gasteiger partial charge in [0.25, 0.3) is 0 Å². The molecule has 1 fully saturated rings. The first-order valence-electron chi connectivity index (χ1n) is 8.52. The van der Waals surface area contributed by atoms with Crippen molar-refractivity contribution in [2.24, 2.45) is 0 Å². The van der Waals surface area contributed by atoms with Crippen LogP contribution in [0.2, 0.25) is 0 Å². The van der Waals surface area contributed by atoms with Gasteiger partial charge in [-0.15, -0.1) is 10.2 Å². The molecule has 1 aliphatic rings. The van der Waals surface area contributed by atoms with Gasteiger partial charge in [0.15, 0.2) is 0 Å². The fourth-order valence-electron chi connectivity index (χ4n) is 3.00. The Morgan fingerprint density at radius 2 is 2.20 bits per heavy atom. The number of hydrogen-bond acceptors (Lipinski definition) is 8. The van der Waals surface area contributed by atoms with Crippen molar-refractivity contribution in [2.45, 2.75) is 45.2 Å². The zero-order chi connectivity index (χ0) is 17.2. The first-order valence-corrected chi connectivity index (χ1v) is 8.52. The number of aromatic nitrogens is 5. The maximum Gasteiger partial charge on any atom is 0.244 e. The second-order valence-corrected chi connectivity index (χ2v) is 6.49. The molecule has 4 rings (SSSR count). The fraction of sp³-hybridized carbons (Fsp3) is 0.471. The van der Waals surface area contributed by atoms with Crippen molar-refractivity contribution in [2.75, 3.05) is 6.54 Å². The number of pyridine rings is 1. The molecular weight excluding hydrogens is 320 g/mol. The van der Waals surface area contributed by atoms with Crippen molar-refractivity contribution >= 4 is 0 Å². The highest BCUT2D eigenvalue weighted by Crippen LogP contribution is 2.33. The first-order chi connectivity index (χ1) is 12.2. The minimum Gasteiger partial charge on any atom is -0.424 e. The Morgan fingerprint density at radius 1 is 1.28 bits per heavy atom. The summed E-state index contributed by atoms with van der Waals surface area (Å²) in [7, 11) is 0. The van der Waals surface area contributed by atoms with Gasteiger partial charge in [0.05, 0.1) is 12.6 Å². The summed E-state index contributed by atoms with van der Waals surface area (Å²) in [5.74, 6) is 2.65. The molecule has 0 unspecified atom stereocenters. The van der Waals surface area contributed by atoms with Crippen LogP contribution in [-0.4, -0.2) is 36.8 Å². The first kappa shape index (κ1) is 15.9. The molecule has 3 aromatic rings. The van der Waals surface area contributed by atoms with E-state index in [2.05, 4.69) is 30.2 Å². The van der Waals surface area contributed by atoms with Gasteiger partial charge < -0.3 is 8.94 Å². The van der Waals surface area contributed by atoms with E-state index in [0.29, 0.717) is 35.7 Å². The normalized spacial score (nSPS) is 18.3. The number of likely N-dealkylation sites (tertiary alicyclic amines) is 1. The highest BCUT2D eigenvalue weighted by Gasteiger charge is 2.32. The van der Waals surface area contributed by atoms with Crippen molar-refractivity contribution in [1.29, 1.82) is 0 Å². The zero-order valence-electron chi connectivity index (χ0n) is 14.3. The predicted molar refractivity (Wildman–Crippen MR) is 88.3 cm³/mol. The number of hydrogen-bond donors (Lipinski definition) is 0. The van der Waals surface area contributed by atoms with E-state index in [9.17, 15) is 0 Å². The van der Waals surface area contributed by atoms with Gasteiger partial charge in [0, 0.05) is 12.1 Å². The molecular formula is C17H20N6O2. The van der Waals surface area contributed by atoms with Crippen molar-refractivity contribution in [3.8, 4) is 11.5 Å². The van der Waals surface area contributed by atoms with Crippen molar-refractivity contribution in [3.05, 3.63) is 42.1 Å². The molecule has 0 spiro atoms. The Bertz CT molecular complexity index is 829. The Balaban J connectivity index is 1.50. The molecule has 25 heavy (non-hydrogen) atoms. The van der Waals surface area contributed by atoms with Crippen molar-refractivity contribution in [3.63, 3.8) is 0 Å². The Kier molecular flexibility index (Phi) is 4.27. The molecule has 0 amide bonds. The molecule has 0 aromatic carbocycles. The lowest BCUT2D eigenvalue weighted by atomic mass is 10.2. The lowest BCUT2D eigenvalue weighted by molar-refractivity contribution is 0.184. The molecule has 0 N–H and O–H groups in total. The standard InChI is InChI=1S/C17H20N6O2/c1-11(2)16-21-20-14(24-16)10-23-9-5-7-13(23)17-19-15(22-25-17)12-6-3-4-8-18-12/h3-4,6,8,11,13H,5,7,9-10H2,1-2H3/t13-/m0/s1. The third kappa shape index (κ3) is 3.30. The maximum absolute atomic E-state index is 5.73. The van der Waals surface area contributed by atoms with E-state index >= 15 is 0 Å². The van der Waals surface area contributed by atoms with Gasteiger partial charge in [-0.2, -0.15) is 4.98 Å². The molecule has 8 nitrogen and oxygen atoms in total. The third-order valence-electron chi connectivity index (χ3n) is 4.30. The summed E-state index contributed by atoms with van der Waals surface area (Å²) in [6, 6.07) is 5.70. The van der Waals surface area contributed by atoms with E-state index in [-0.39, 0.29) is 12.0 Å². The summed E-state index contributed by atoms with van der Waals surface area (Å²) in [6.07, 6.45) is 3.75. The van der Waals surface area contributed by atoms with E-state index < -0.39 is 0 Å². The van der Waals surface area contributed by atoms with E-state index in [4.69, 9.17) is 8.94 Å². The van der Waals surface area contributed by atoms with Crippen LogP contribution in [0.1, 0.15) is 56.3 Å². The number of rotatable bonds is 5. The second kappa shape index (κ2) is 6.72. The van der Waals surface area contributed by atoms with Gasteiger partial charge in [-0.05, 0) is 31.5 Å². The average Bonchev–Trinajstić information content (AvgIpc) is 3.36. The van der Waals surface area contributed by atoms with Crippen LogP contribution in [0, 0.1) is 0 Å². The predicted octanol–water partition coefficient (Wildman–Crippen LogP) is 2.98. The number of nitrogens with zero attached hydrogens (tertiary/aromatic N) is 6. The van der Waals surface area contributed by atoms with E-state index in [1.807, 2.05) is 32.0 Å². The van der Waals surface area contributed by atoms with Crippen LogP contribution in [0.25, 0.3) is 11.5 Å². The summed E-state index contributed by atoms with van der Waals surface area (Å²) in [5.41, 5.74) is 0.709. The summed E-state index contributed by atoms with van der Waals surface area (Å²) >= 11 is 0. The molecule has 0 aliphatic carbocycles. The minimum absolute atomic E-state index is 0.0689. The van der Waals surface area contributed by atoms with Gasteiger partial charge in [-0.3, -0.25) is 9.88 Å². The smallest absolute Gasteiger partial charge is 0.244 e. The van der Waals surface area contributed by atoms with Crippen LogP contribution in [0.4, 0.5) is 0 Å². The molecule has 4 heterocycles. The topological polar surface area (TPSA) is 94.0 Å². The highest BCUT2D eigenvalue weighted by atomic mass is 16.5. The van der Waals surface area contributed by atoms with Gasteiger partial charge >= 0.3 is 0 Å². The third-order valence-corrected chi connectivity index (χ3v) is 4.30. The van der Waals surface area contributed by atoms with Gasteiger partial charge in [-0.1, -0.05) is 25.1 Å². The summed E-state index contributed by atoms with van der Waals surface area (Å²) in [5, 5.41) is 12.3. The summed E-state index contributed by atoms with van der Waals surface area (Å²) < 4.78 is 11.2. The Hall–Kier alpha value is -2.61. The average molecular weight is 340 g/mol. The maximum atomic E-state index is 5.73.